The molecule has 0 aliphatic carbocycles. The second-order valence-electron chi connectivity index (χ2n) is 22.8. The van der Waals surface area contributed by atoms with Gasteiger partial charge in [-0.05, 0) is 51.4 Å². The van der Waals surface area contributed by atoms with Crippen molar-refractivity contribution in [3.05, 3.63) is 12.2 Å². The number of amides is 1. The van der Waals surface area contributed by atoms with Crippen molar-refractivity contribution in [3.63, 3.8) is 0 Å². The summed E-state index contributed by atoms with van der Waals surface area (Å²) < 4.78 is 5.50. The minimum absolute atomic E-state index is 0.0206. The number of carbonyl (C=O) groups excluding carboxylic acids is 2. The molecule has 0 fully saturated rings. The Bertz CT molecular complexity index is 1080. The van der Waals surface area contributed by atoms with E-state index < -0.39 is 12.1 Å². The van der Waals surface area contributed by atoms with Crippen LogP contribution in [0.1, 0.15) is 373 Å². The van der Waals surface area contributed by atoms with Crippen LogP contribution in [0.15, 0.2) is 12.2 Å². The Kier molecular flexibility index (Phi) is 60.9. The first kappa shape index (κ1) is 70.6. The van der Waals surface area contributed by atoms with E-state index in [-0.39, 0.29) is 18.5 Å². The van der Waals surface area contributed by atoms with Gasteiger partial charge in [-0.2, -0.15) is 0 Å². The van der Waals surface area contributed by atoms with Gasteiger partial charge in [0.05, 0.1) is 25.4 Å². The minimum Gasteiger partial charge on any atom is -0.466 e. The van der Waals surface area contributed by atoms with Crippen LogP contribution in [-0.4, -0.2) is 47.4 Å². The highest BCUT2D eigenvalue weighted by molar-refractivity contribution is 5.76. The molecule has 0 aromatic heterocycles. The molecule has 0 spiro atoms. The zero-order valence-corrected chi connectivity index (χ0v) is 48.9. The number of rotatable bonds is 62. The third kappa shape index (κ3) is 57.9. The SMILES string of the molecule is CCCCCCCCCCCCCCCCCC(=O)OCCCCCCCCCCCCCC/C=C\CCCCCCCCCCCCCCCCC(=O)NC(CO)C(O)CCCCCCCCCCCC. The molecule has 1 amide bonds. The lowest BCUT2D eigenvalue weighted by Crippen LogP contribution is -2.45. The van der Waals surface area contributed by atoms with E-state index in [9.17, 15) is 19.8 Å². The predicted molar refractivity (Wildman–Crippen MR) is 315 cm³/mol. The van der Waals surface area contributed by atoms with Gasteiger partial charge < -0.3 is 20.3 Å². The van der Waals surface area contributed by atoms with Gasteiger partial charge in [-0.25, -0.2) is 0 Å². The van der Waals surface area contributed by atoms with Gasteiger partial charge in [0.2, 0.25) is 5.91 Å². The van der Waals surface area contributed by atoms with Gasteiger partial charge in [-0.1, -0.05) is 321 Å². The largest absolute Gasteiger partial charge is 0.466 e. The quantitative estimate of drug-likeness (QED) is 0.0320. The first-order chi connectivity index (χ1) is 35.5. The fourth-order valence-corrected chi connectivity index (χ4v) is 10.5. The Morgan fingerprint density at radius 2 is 0.653 bits per heavy atom. The van der Waals surface area contributed by atoms with E-state index in [4.69, 9.17) is 4.74 Å². The summed E-state index contributed by atoms with van der Waals surface area (Å²) in [5.41, 5.74) is 0. The van der Waals surface area contributed by atoms with Gasteiger partial charge in [0.1, 0.15) is 0 Å². The molecule has 0 heterocycles. The van der Waals surface area contributed by atoms with E-state index in [0.29, 0.717) is 25.9 Å². The smallest absolute Gasteiger partial charge is 0.305 e. The fourth-order valence-electron chi connectivity index (χ4n) is 10.5. The van der Waals surface area contributed by atoms with Gasteiger partial charge >= 0.3 is 5.97 Å². The minimum atomic E-state index is -0.660. The van der Waals surface area contributed by atoms with Crippen LogP contribution in [0.2, 0.25) is 0 Å². The number of nitrogens with one attached hydrogen (secondary N) is 1. The fraction of sp³-hybridized carbons (Fsp3) is 0.939. The molecular formula is C66H129NO5. The molecule has 3 N–H and O–H groups in total. The number of ether oxygens (including phenoxy) is 1. The highest BCUT2D eigenvalue weighted by atomic mass is 16.5. The molecule has 72 heavy (non-hydrogen) atoms. The van der Waals surface area contributed by atoms with Crippen LogP contribution in [0.3, 0.4) is 0 Å². The maximum atomic E-state index is 12.4. The molecular weight excluding hydrogens is 887 g/mol. The van der Waals surface area contributed by atoms with Gasteiger partial charge in [0.15, 0.2) is 0 Å². The van der Waals surface area contributed by atoms with Crippen molar-refractivity contribution in [3.8, 4) is 0 Å². The summed E-state index contributed by atoms with van der Waals surface area (Å²) in [6.07, 6.45) is 75.4. The molecule has 2 atom stereocenters. The van der Waals surface area contributed by atoms with Crippen molar-refractivity contribution in [2.24, 2.45) is 0 Å². The lowest BCUT2D eigenvalue weighted by atomic mass is 10.0. The van der Waals surface area contributed by atoms with E-state index in [2.05, 4.69) is 31.3 Å². The highest BCUT2D eigenvalue weighted by Gasteiger charge is 2.20. The van der Waals surface area contributed by atoms with Crippen molar-refractivity contribution >= 4 is 11.9 Å². The Hall–Kier alpha value is -1.40. The second kappa shape index (κ2) is 62.1. The number of aliphatic hydroxyl groups excluding tert-OH is 2. The molecule has 0 saturated heterocycles. The van der Waals surface area contributed by atoms with Crippen LogP contribution in [0.25, 0.3) is 0 Å². The first-order valence-electron chi connectivity index (χ1n) is 32.9. The molecule has 0 aromatic rings. The number of allylic oxidation sites excluding steroid dienone is 2. The topological polar surface area (TPSA) is 95.9 Å². The third-order valence-corrected chi connectivity index (χ3v) is 15.6. The van der Waals surface area contributed by atoms with E-state index in [1.165, 1.54) is 302 Å². The Labute approximate surface area is 450 Å². The average Bonchev–Trinajstić information content (AvgIpc) is 3.38. The van der Waals surface area contributed by atoms with E-state index in [1.807, 2.05) is 0 Å². The Morgan fingerprint density at radius 1 is 0.375 bits per heavy atom. The summed E-state index contributed by atoms with van der Waals surface area (Å²) in [6, 6.07) is -0.538. The summed E-state index contributed by atoms with van der Waals surface area (Å²) in [7, 11) is 0. The normalized spacial score (nSPS) is 12.6. The standard InChI is InChI=1S/C66H129NO5/c1-3-5-7-9-11-13-15-16-33-37-40-44-48-52-56-60-66(71)72-61-57-53-49-45-41-38-35-32-30-28-26-24-22-20-18-17-19-21-23-25-27-29-31-34-36-39-43-47-51-55-59-65(70)67-63(62-68)64(69)58-54-50-46-42-14-12-10-8-6-4-2/h18,20,63-64,68-69H,3-17,19,21-62H2,1-2H3,(H,67,70)/b20-18-. The second-order valence-corrected chi connectivity index (χ2v) is 22.8. The molecule has 0 radical (unpaired) electrons. The molecule has 0 aliphatic heterocycles. The van der Waals surface area contributed by atoms with Crippen molar-refractivity contribution < 1.29 is 24.5 Å². The van der Waals surface area contributed by atoms with Crippen LogP contribution in [0.5, 0.6) is 0 Å². The van der Waals surface area contributed by atoms with E-state index >= 15 is 0 Å². The van der Waals surface area contributed by atoms with Crippen molar-refractivity contribution in [2.75, 3.05) is 13.2 Å². The van der Waals surface area contributed by atoms with E-state index in [0.717, 1.165) is 38.5 Å². The number of hydrogen-bond acceptors (Lipinski definition) is 5. The number of aliphatic hydroxyl groups is 2. The maximum absolute atomic E-state index is 12.4. The summed E-state index contributed by atoms with van der Waals surface area (Å²) >= 11 is 0. The Morgan fingerprint density at radius 3 is 0.986 bits per heavy atom. The average molecular weight is 1020 g/mol. The third-order valence-electron chi connectivity index (χ3n) is 15.6. The molecule has 0 aromatic carbocycles. The van der Waals surface area contributed by atoms with Crippen molar-refractivity contribution in [1.82, 2.24) is 5.32 Å². The van der Waals surface area contributed by atoms with Gasteiger partial charge in [0.25, 0.3) is 0 Å². The molecule has 6 heteroatoms. The van der Waals surface area contributed by atoms with Gasteiger partial charge in [-0.15, -0.1) is 0 Å². The molecule has 0 saturated carbocycles. The number of hydrogen-bond donors (Lipinski definition) is 3. The summed E-state index contributed by atoms with van der Waals surface area (Å²) in [5, 5.41) is 23.2. The van der Waals surface area contributed by atoms with E-state index in [1.54, 1.807) is 0 Å². The zero-order valence-electron chi connectivity index (χ0n) is 48.9. The number of carbonyl (C=O) groups is 2. The first-order valence-corrected chi connectivity index (χ1v) is 32.9. The monoisotopic (exact) mass is 1020 g/mol. The summed E-state index contributed by atoms with van der Waals surface area (Å²) in [4.78, 5) is 24.5. The maximum Gasteiger partial charge on any atom is 0.305 e. The van der Waals surface area contributed by atoms with Crippen molar-refractivity contribution in [1.29, 1.82) is 0 Å². The number of esters is 1. The highest BCUT2D eigenvalue weighted by Crippen LogP contribution is 2.18. The predicted octanol–water partition coefficient (Wildman–Crippen LogP) is 20.8. The summed E-state index contributed by atoms with van der Waals surface area (Å²) in [6.45, 7) is 4.97. The Balaban J connectivity index is 3.32. The lowest BCUT2D eigenvalue weighted by molar-refractivity contribution is -0.143. The molecule has 0 aliphatic rings. The van der Waals surface area contributed by atoms with Crippen LogP contribution >= 0.6 is 0 Å². The summed E-state index contributed by atoms with van der Waals surface area (Å²) in [5.74, 6) is -0.0127. The van der Waals surface area contributed by atoms with Gasteiger partial charge in [0, 0.05) is 12.8 Å². The van der Waals surface area contributed by atoms with Crippen LogP contribution < -0.4 is 5.32 Å². The van der Waals surface area contributed by atoms with Crippen LogP contribution in [0, 0.1) is 0 Å². The molecule has 2 unspecified atom stereocenters. The lowest BCUT2D eigenvalue weighted by Gasteiger charge is -2.22. The molecule has 428 valence electrons. The molecule has 6 nitrogen and oxygen atoms in total. The van der Waals surface area contributed by atoms with Crippen LogP contribution in [-0.2, 0) is 14.3 Å². The molecule has 0 bridgehead atoms. The number of unbranched alkanes of at least 4 members (excludes halogenated alkanes) is 49. The molecule has 0 rings (SSSR count). The van der Waals surface area contributed by atoms with Gasteiger partial charge in [-0.3, -0.25) is 9.59 Å². The van der Waals surface area contributed by atoms with Crippen LogP contribution in [0.4, 0.5) is 0 Å². The van der Waals surface area contributed by atoms with Crippen molar-refractivity contribution in [2.45, 2.75) is 386 Å². The zero-order chi connectivity index (χ0) is 52.2.